The van der Waals surface area contributed by atoms with Gasteiger partial charge in [0.25, 0.3) is 0 Å². The maximum absolute atomic E-state index is 12.2. The molecule has 1 amide bonds. The van der Waals surface area contributed by atoms with E-state index in [2.05, 4.69) is 28.4 Å². The summed E-state index contributed by atoms with van der Waals surface area (Å²) in [5, 5.41) is 3.58. The monoisotopic (exact) mass is 414 g/mol. The van der Waals surface area contributed by atoms with Gasteiger partial charge in [-0.25, -0.2) is 4.79 Å². The van der Waals surface area contributed by atoms with Crippen molar-refractivity contribution in [3.05, 3.63) is 24.3 Å². The summed E-state index contributed by atoms with van der Waals surface area (Å²) in [7, 11) is 0. The molecule has 2 saturated heterocycles. The van der Waals surface area contributed by atoms with Crippen LogP contribution in [-0.2, 0) is 4.74 Å². The van der Waals surface area contributed by atoms with E-state index in [0.29, 0.717) is 13.1 Å². The van der Waals surface area contributed by atoms with Crippen molar-refractivity contribution in [2.75, 3.05) is 44.6 Å². The molecule has 0 spiro atoms. The van der Waals surface area contributed by atoms with E-state index in [9.17, 15) is 4.79 Å². The largest absolute Gasteiger partial charge is 0.444 e. The molecule has 0 radical (unpaired) electrons. The van der Waals surface area contributed by atoms with E-state index in [1.54, 1.807) is 4.90 Å². The Balaban J connectivity index is 1.48. The van der Waals surface area contributed by atoms with Gasteiger partial charge in [0, 0.05) is 38.2 Å². The molecule has 1 aromatic rings. The van der Waals surface area contributed by atoms with Crippen LogP contribution in [-0.4, -0.2) is 66.5 Å². The van der Waals surface area contributed by atoms with Crippen molar-refractivity contribution in [3.8, 4) is 0 Å². The highest BCUT2D eigenvalue weighted by molar-refractivity contribution is 5.90. The van der Waals surface area contributed by atoms with E-state index in [1.165, 1.54) is 38.9 Å². The second kappa shape index (κ2) is 10.8. The Morgan fingerprint density at radius 2 is 1.77 bits per heavy atom. The van der Waals surface area contributed by atoms with Crippen LogP contribution in [0.15, 0.2) is 29.3 Å². The summed E-state index contributed by atoms with van der Waals surface area (Å²) in [5.74, 6) is 0. The fraction of sp³-hybridized carbons (Fsp3) is 0.667. The van der Waals surface area contributed by atoms with Gasteiger partial charge >= 0.3 is 6.09 Å². The number of amides is 1. The third kappa shape index (κ3) is 7.31. The SMILES string of the molecule is CC(C)(C)OC(=O)N1CCC(=Nc2ccccc2NCCCN2CCCCC2)CC1. The van der Waals surface area contributed by atoms with Crippen LogP contribution in [0, 0.1) is 0 Å². The van der Waals surface area contributed by atoms with Crippen LogP contribution in [0.3, 0.4) is 0 Å². The van der Waals surface area contributed by atoms with Gasteiger partial charge in [0.1, 0.15) is 5.60 Å². The summed E-state index contributed by atoms with van der Waals surface area (Å²) in [5.41, 5.74) is 2.79. The fourth-order valence-electron chi connectivity index (χ4n) is 3.99. The van der Waals surface area contributed by atoms with Gasteiger partial charge in [-0.2, -0.15) is 0 Å². The summed E-state index contributed by atoms with van der Waals surface area (Å²) in [6.45, 7) is 11.7. The lowest BCUT2D eigenvalue weighted by atomic mass is 10.1. The fourth-order valence-corrected chi connectivity index (χ4v) is 3.99. The van der Waals surface area contributed by atoms with Gasteiger partial charge in [0.15, 0.2) is 0 Å². The summed E-state index contributed by atoms with van der Waals surface area (Å²) in [6, 6.07) is 8.27. The van der Waals surface area contributed by atoms with Crippen molar-refractivity contribution < 1.29 is 9.53 Å². The first-order valence-electron chi connectivity index (χ1n) is 11.5. The zero-order valence-electron chi connectivity index (χ0n) is 19.0. The summed E-state index contributed by atoms with van der Waals surface area (Å²) in [6.07, 6.45) is 6.59. The van der Waals surface area contributed by atoms with Crippen LogP contribution in [0.4, 0.5) is 16.2 Å². The van der Waals surface area contributed by atoms with Crippen molar-refractivity contribution in [1.29, 1.82) is 0 Å². The number of aliphatic imine (C=N–C) groups is 1. The van der Waals surface area contributed by atoms with Gasteiger partial charge in [-0.3, -0.25) is 4.99 Å². The summed E-state index contributed by atoms with van der Waals surface area (Å²) >= 11 is 0. The number of benzene rings is 1. The quantitative estimate of drug-likeness (QED) is 0.660. The van der Waals surface area contributed by atoms with Crippen molar-refractivity contribution in [2.24, 2.45) is 4.99 Å². The molecule has 30 heavy (non-hydrogen) atoms. The number of likely N-dealkylation sites (tertiary alicyclic amines) is 2. The number of anilines is 1. The molecule has 1 N–H and O–H groups in total. The first-order valence-corrected chi connectivity index (χ1v) is 11.5. The minimum absolute atomic E-state index is 0.225. The van der Waals surface area contributed by atoms with Crippen LogP contribution in [0.1, 0.15) is 59.3 Å². The number of carbonyl (C=O) groups is 1. The van der Waals surface area contributed by atoms with Crippen LogP contribution in [0.2, 0.25) is 0 Å². The number of hydrogen-bond acceptors (Lipinski definition) is 5. The minimum atomic E-state index is -0.454. The summed E-state index contributed by atoms with van der Waals surface area (Å²) < 4.78 is 5.48. The first kappa shape index (κ1) is 22.6. The van der Waals surface area contributed by atoms with E-state index in [-0.39, 0.29) is 6.09 Å². The van der Waals surface area contributed by atoms with Gasteiger partial charge in [-0.1, -0.05) is 18.6 Å². The molecule has 0 atom stereocenters. The van der Waals surface area contributed by atoms with Crippen molar-refractivity contribution in [1.82, 2.24) is 9.80 Å². The van der Waals surface area contributed by atoms with Crippen molar-refractivity contribution in [2.45, 2.75) is 64.9 Å². The highest BCUT2D eigenvalue weighted by Gasteiger charge is 2.25. The molecule has 3 rings (SSSR count). The highest BCUT2D eigenvalue weighted by Crippen LogP contribution is 2.26. The Labute approximate surface area is 181 Å². The molecule has 0 aromatic heterocycles. The van der Waals surface area contributed by atoms with Crippen molar-refractivity contribution in [3.63, 3.8) is 0 Å². The van der Waals surface area contributed by atoms with E-state index in [0.717, 1.165) is 42.9 Å². The molecule has 166 valence electrons. The first-order chi connectivity index (χ1) is 14.4. The molecular weight excluding hydrogens is 376 g/mol. The number of hydrogen-bond donors (Lipinski definition) is 1. The smallest absolute Gasteiger partial charge is 0.410 e. The van der Waals surface area contributed by atoms with Gasteiger partial charge in [0.05, 0.1) is 11.4 Å². The van der Waals surface area contributed by atoms with E-state index in [1.807, 2.05) is 26.8 Å². The lowest BCUT2D eigenvalue weighted by Gasteiger charge is -2.30. The predicted octanol–water partition coefficient (Wildman–Crippen LogP) is 5.08. The average Bonchev–Trinajstić information content (AvgIpc) is 2.72. The minimum Gasteiger partial charge on any atom is -0.444 e. The third-order valence-electron chi connectivity index (χ3n) is 5.59. The number of nitrogens with one attached hydrogen (secondary N) is 1. The molecule has 2 fully saturated rings. The Morgan fingerprint density at radius 1 is 1.07 bits per heavy atom. The summed E-state index contributed by atoms with van der Waals surface area (Å²) in [4.78, 5) is 21.5. The van der Waals surface area contributed by atoms with Gasteiger partial charge < -0.3 is 19.9 Å². The molecule has 0 unspecified atom stereocenters. The molecule has 0 aliphatic carbocycles. The molecule has 6 nitrogen and oxygen atoms in total. The molecule has 2 heterocycles. The second-order valence-electron chi connectivity index (χ2n) is 9.35. The van der Waals surface area contributed by atoms with Crippen molar-refractivity contribution >= 4 is 23.2 Å². The lowest BCUT2D eigenvalue weighted by Crippen LogP contribution is -2.41. The highest BCUT2D eigenvalue weighted by atomic mass is 16.6. The Kier molecular flexibility index (Phi) is 8.14. The molecule has 0 saturated carbocycles. The average molecular weight is 415 g/mol. The number of carbonyl (C=O) groups excluding carboxylic acids is 1. The number of ether oxygens (including phenoxy) is 1. The van der Waals surface area contributed by atoms with E-state index >= 15 is 0 Å². The van der Waals surface area contributed by atoms with Gasteiger partial charge in [0.2, 0.25) is 0 Å². The van der Waals surface area contributed by atoms with Gasteiger partial charge in [-0.05, 0) is 71.8 Å². The lowest BCUT2D eigenvalue weighted by molar-refractivity contribution is 0.0249. The molecule has 2 aliphatic rings. The predicted molar refractivity (Wildman–Crippen MR) is 124 cm³/mol. The number of piperidine rings is 2. The van der Waals surface area contributed by atoms with Crippen LogP contribution < -0.4 is 5.32 Å². The van der Waals surface area contributed by atoms with Crippen LogP contribution in [0.5, 0.6) is 0 Å². The van der Waals surface area contributed by atoms with Gasteiger partial charge in [-0.15, -0.1) is 0 Å². The zero-order chi connectivity index (χ0) is 21.4. The van der Waals surface area contributed by atoms with E-state index < -0.39 is 5.60 Å². The molecule has 2 aliphatic heterocycles. The molecule has 1 aromatic carbocycles. The van der Waals surface area contributed by atoms with E-state index in [4.69, 9.17) is 9.73 Å². The zero-order valence-corrected chi connectivity index (χ0v) is 19.0. The number of rotatable bonds is 6. The topological polar surface area (TPSA) is 57.2 Å². The molecule has 6 heteroatoms. The normalized spacial score (nSPS) is 18.2. The Hall–Kier alpha value is -2.08. The van der Waals surface area contributed by atoms with Crippen LogP contribution in [0.25, 0.3) is 0 Å². The second-order valence-corrected chi connectivity index (χ2v) is 9.35. The molecule has 0 bridgehead atoms. The molecular formula is C24H38N4O2. The maximum Gasteiger partial charge on any atom is 0.410 e. The Bertz CT molecular complexity index is 710. The standard InChI is InChI=1S/C24H38N4O2/c1-24(2,3)30-23(29)28-18-12-20(13-19-28)26-22-11-6-5-10-21(22)25-14-9-17-27-15-7-4-8-16-27/h5-6,10-11,25H,4,7-9,12-19H2,1-3H3. The number of para-hydroxylation sites is 2. The maximum atomic E-state index is 12.2. The number of nitrogens with zero attached hydrogens (tertiary/aromatic N) is 3. The Morgan fingerprint density at radius 3 is 2.47 bits per heavy atom. The van der Waals surface area contributed by atoms with Crippen LogP contribution >= 0.6 is 0 Å². The third-order valence-corrected chi connectivity index (χ3v) is 5.59.